The second-order valence-corrected chi connectivity index (χ2v) is 9.61. The quantitative estimate of drug-likeness (QED) is 0.189. The number of phenols is 1. The lowest BCUT2D eigenvalue weighted by Gasteiger charge is -2.28. The van der Waals surface area contributed by atoms with Crippen molar-refractivity contribution in [1.29, 1.82) is 0 Å². The minimum absolute atomic E-state index is 0.0251. The van der Waals surface area contributed by atoms with Gasteiger partial charge in [0.2, 0.25) is 11.1 Å². The molecule has 3 aromatic rings. The minimum atomic E-state index is -0.614. The first-order chi connectivity index (χ1) is 17.4. The van der Waals surface area contributed by atoms with E-state index >= 15 is 0 Å². The lowest BCUT2D eigenvalue weighted by Crippen LogP contribution is -2.29. The molecule has 0 bridgehead atoms. The summed E-state index contributed by atoms with van der Waals surface area (Å²) in [4.78, 5) is 17.9. The Morgan fingerprint density at radius 2 is 2.06 bits per heavy atom. The highest BCUT2D eigenvalue weighted by atomic mass is 35.5. The number of nitrogens with one attached hydrogen (secondary N) is 1. The zero-order chi connectivity index (χ0) is 25.7. The van der Waals surface area contributed by atoms with Crippen molar-refractivity contribution in [3.05, 3.63) is 69.9 Å². The normalized spacial score (nSPS) is 14.8. The van der Waals surface area contributed by atoms with Gasteiger partial charge in [0.15, 0.2) is 11.5 Å². The largest absolute Gasteiger partial charge is 0.504 e. The van der Waals surface area contributed by atoms with E-state index in [1.54, 1.807) is 22.9 Å². The van der Waals surface area contributed by atoms with Crippen LogP contribution in [-0.4, -0.2) is 39.1 Å². The van der Waals surface area contributed by atoms with Crippen molar-refractivity contribution in [2.75, 3.05) is 18.5 Å². The van der Waals surface area contributed by atoms with E-state index in [1.165, 1.54) is 11.8 Å². The number of esters is 1. The maximum absolute atomic E-state index is 13.2. The number of halogens is 1. The van der Waals surface area contributed by atoms with E-state index in [0.717, 1.165) is 18.4 Å². The van der Waals surface area contributed by atoms with Gasteiger partial charge in [-0.15, -0.1) is 5.10 Å². The monoisotopic (exact) mass is 528 g/mol. The molecule has 0 saturated carbocycles. The summed E-state index contributed by atoms with van der Waals surface area (Å²) in [5.41, 5.74) is 2.76. The lowest BCUT2D eigenvalue weighted by atomic mass is 9.95. The van der Waals surface area contributed by atoms with E-state index in [2.05, 4.69) is 10.3 Å². The third-order valence-corrected chi connectivity index (χ3v) is 6.95. The minimum Gasteiger partial charge on any atom is -0.504 e. The third kappa shape index (κ3) is 5.63. The van der Waals surface area contributed by atoms with Crippen LogP contribution in [-0.2, 0) is 15.3 Å². The second-order valence-electron chi connectivity index (χ2n) is 8.26. The summed E-state index contributed by atoms with van der Waals surface area (Å²) in [6, 6.07) is 12.1. The number of fused-ring (bicyclic) bond motifs is 1. The highest BCUT2D eigenvalue weighted by molar-refractivity contribution is 7.98. The molecule has 1 unspecified atom stereocenters. The molecule has 1 aromatic heterocycles. The van der Waals surface area contributed by atoms with Crippen LogP contribution in [0.3, 0.4) is 0 Å². The number of thioether (sulfide) groups is 1. The number of anilines is 1. The number of rotatable bonds is 10. The number of ether oxygens (including phenoxy) is 2. The van der Waals surface area contributed by atoms with E-state index in [-0.39, 0.29) is 5.75 Å². The predicted octanol–water partition coefficient (Wildman–Crippen LogP) is 5.96. The molecule has 0 radical (unpaired) electrons. The molecule has 0 saturated heterocycles. The summed E-state index contributed by atoms with van der Waals surface area (Å²) in [6.45, 7) is 6.43. The molecule has 36 heavy (non-hydrogen) atoms. The molecule has 190 valence electrons. The number of allylic oxidation sites excluding steroid dienone is 1. The molecule has 1 aliphatic rings. The van der Waals surface area contributed by atoms with Crippen LogP contribution in [0.5, 0.6) is 11.5 Å². The van der Waals surface area contributed by atoms with Gasteiger partial charge in [-0.05, 0) is 49.6 Å². The average Bonchev–Trinajstić information content (AvgIpc) is 3.26. The van der Waals surface area contributed by atoms with E-state index in [4.69, 9.17) is 26.2 Å². The molecule has 8 nitrogen and oxygen atoms in total. The van der Waals surface area contributed by atoms with Crippen LogP contribution in [0.4, 0.5) is 5.95 Å². The number of carbonyl (C=O) groups excluding carboxylic acids is 1. The number of hydrogen-bond acceptors (Lipinski definition) is 8. The summed E-state index contributed by atoms with van der Waals surface area (Å²) in [7, 11) is 0. The van der Waals surface area contributed by atoms with Crippen LogP contribution in [0, 0.1) is 0 Å². The van der Waals surface area contributed by atoms with Crippen LogP contribution < -0.4 is 10.1 Å². The summed E-state index contributed by atoms with van der Waals surface area (Å²) < 4.78 is 12.9. The van der Waals surface area contributed by atoms with Gasteiger partial charge in [-0.2, -0.15) is 4.98 Å². The first-order valence-corrected chi connectivity index (χ1v) is 13.2. The average molecular weight is 529 g/mol. The molecule has 2 heterocycles. The Balaban J connectivity index is 1.71. The summed E-state index contributed by atoms with van der Waals surface area (Å²) in [6.07, 6.45) is 1.70. The van der Waals surface area contributed by atoms with Crippen molar-refractivity contribution in [3.63, 3.8) is 0 Å². The van der Waals surface area contributed by atoms with Crippen LogP contribution in [0.2, 0.25) is 5.02 Å². The predicted molar refractivity (Wildman–Crippen MR) is 141 cm³/mol. The SMILES string of the molecule is CCCCOC(=O)C1=C(C)Nc2nc(SCc3ccccc3Cl)nn2C1c1ccc(O)c(OCC)c1. The fourth-order valence-corrected chi connectivity index (χ4v) is 5.00. The Morgan fingerprint density at radius 1 is 1.25 bits per heavy atom. The number of nitrogens with zero attached hydrogens (tertiary/aromatic N) is 3. The van der Waals surface area contributed by atoms with Crippen LogP contribution in [0.15, 0.2) is 58.9 Å². The van der Waals surface area contributed by atoms with Crippen molar-refractivity contribution in [1.82, 2.24) is 14.8 Å². The molecule has 2 aromatic carbocycles. The van der Waals surface area contributed by atoms with Gasteiger partial charge in [0.25, 0.3) is 0 Å². The molecule has 1 atom stereocenters. The number of aromatic nitrogens is 3. The Labute approximate surface area is 219 Å². The smallest absolute Gasteiger partial charge is 0.338 e. The fraction of sp³-hybridized carbons (Fsp3) is 0.346. The van der Waals surface area contributed by atoms with Gasteiger partial charge in [-0.1, -0.05) is 61.0 Å². The van der Waals surface area contributed by atoms with Gasteiger partial charge < -0.3 is 19.9 Å². The fourth-order valence-electron chi connectivity index (χ4n) is 3.88. The van der Waals surface area contributed by atoms with Gasteiger partial charge in [-0.3, -0.25) is 0 Å². The lowest BCUT2D eigenvalue weighted by molar-refractivity contribution is -0.139. The highest BCUT2D eigenvalue weighted by Crippen LogP contribution is 2.40. The molecule has 4 rings (SSSR count). The molecule has 1 aliphatic heterocycles. The molecule has 0 aliphatic carbocycles. The summed E-state index contributed by atoms with van der Waals surface area (Å²) in [5, 5.41) is 19.4. The van der Waals surface area contributed by atoms with E-state index in [9.17, 15) is 9.90 Å². The number of carbonyl (C=O) groups is 1. The molecular weight excluding hydrogens is 500 g/mol. The Bertz CT molecular complexity index is 1280. The molecule has 0 fully saturated rings. The topological polar surface area (TPSA) is 98.5 Å². The summed E-state index contributed by atoms with van der Waals surface area (Å²) >= 11 is 7.76. The van der Waals surface area contributed by atoms with Crippen LogP contribution in [0.1, 0.15) is 50.8 Å². The van der Waals surface area contributed by atoms with Gasteiger partial charge in [0.1, 0.15) is 6.04 Å². The van der Waals surface area contributed by atoms with Gasteiger partial charge in [-0.25, -0.2) is 9.48 Å². The number of aromatic hydroxyl groups is 1. The number of phenolic OH excluding ortho intramolecular Hbond substituents is 1. The van der Waals surface area contributed by atoms with E-state index in [1.807, 2.05) is 45.0 Å². The Morgan fingerprint density at radius 3 is 2.81 bits per heavy atom. The Kier molecular flexibility index (Phi) is 8.43. The van der Waals surface area contributed by atoms with Crippen LogP contribution in [0.25, 0.3) is 0 Å². The van der Waals surface area contributed by atoms with Gasteiger partial charge >= 0.3 is 5.97 Å². The maximum atomic E-state index is 13.2. The number of hydrogen-bond donors (Lipinski definition) is 2. The van der Waals surface area contributed by atoms with E-state index in [0.29, 0.717) is 57.7 Å². The molecular formula is C26H29ClN4O4S. The summed E-state index contributed by atoms with van der Waals surface area (Å²) in [5.74, 6) is 1.04. The first-order valence-electron chi connectivity index (χ1n) is 11.9. The highest BCUT2D eigenvalue weighted by Gasteiger charge is 2.35. The van der Waals surface area contributed by atoms with Crippen LogP contribution >= 0.6 is 23.4 Å². The zero-order valence-corrected chi connectivity index (χ0v) is 22.0. The van der Waals surface area contributed by atoms with E-state index < -0.39 is 12.0 Å². The van der Waals surface area contributed by atoms with Gasteiger partial charge in [0, 0.05) is 16.5 Å². The number of benzene rings is 2. The zero-order valence-electron chi connectivity index (χ0n) is 20.5. The molecule has 10 heteroatoms. The maximum Gasteiger partial charge on any atom is 0.338 e. The van der Waals surface area contributed by atoms with Gasteiger partial charge in [0.05, 0.1) is 18.8 Å². The molecule has 0 amide bonds. The first kappa shape index (κ1) is 25.9. The van der Waals surface area contributed by atoms with Crippen molar-refractivity contribution < 1.29 is 19.4 Å². The molecule has 0 spiro atoms. The standard InChI is InChI=1S/C26H29ClN4O4S/c1-4-6-13-35-24(33)22-16(3)28-25-29-26(36-15-18-9-7-8-10-19(18)27)30-31(25)23(22)17-11-12-20(32)21(14-17)34-5-2/h7-12,14,23,32H,4-6,13,15H2,1-3H3,(H,28,29,30). The molecule has 2 N–H and O–H groups in total. The number of unbranched alkanes of at least 4 members (excludes halogenated alkanes) is 1. The van der Waals surface area contributed by atoms with Crippen molar-refractivity contribution in [2.45, 2.75) is 50.6 Å². The van der Waals surface area contributed by atoms with Crippen molar-refractivity contribution in [3.8, 4) is 11.5 Å². The van der Waals surface area contributed by atoms with Crippen molar-refractivity contribution >= 4 is 35.3 Å². The van der Waals surface area contributed by atoms with Crippen molar-refractivity contribution in [2.24, 2.45) is 0 Å². The second kappa shape index (κ2) is 11.7. The third-order valence-electron chi connectivity index (χ3n) is 5.70. The Hall–Kier alpha value is -3.17.